The first kappa shape index (κ1) is 21.6. The van der Waals surface area contributed by atoms with Crippen LogP contribution in [0.1, 0.15) is 31.0 Å². The molecule has 0 radical (unpaired) electrons. The fourth-order valence-electron chi connectivity index (χ4n) is 1.94. The standard InChI is InChI=1S/C15H29N5S.HI/c1-6-12(2)20(5)10-9-18-15(16-4)17-8-7-14-11-21-13(3)19-14;/h11-12H,6-10H2,1-5H3,(H2,16,17,18);1H. The van der Waals surface area contributed by atoms with Crippen molar-refractivity contribution in [3.63, 3.8) is 0 Å². The molecule has 0 bridgehead atoms. The molecular weight excluding hydrogens is 409 g/mol. The van der Waals surface area contributed by atoms with Crippen molar-refractivity contribution < 1.29 is 0 Å². The van der Waals surface area contributed by atoms with Crippen molar-refractivity contribution in [2.45, 2.75) is 39.7 Å². The van der Waals surface area contributed by atoms with Crippen LogP contribution in [-0.2, 0) is 6.42 Å². The van der Waals surface area contributed by atoms with Gasteiger partial charge in [-0.2, -0.15) is 0 Å². The molecule has 1 rings (SSSR count). The summed E-state index contributed by atoms with van der Waals surface area (Å²) in [6, 6.07) is 0.620. The number of nitrogens with zero attached hydrogens (tertiary/aromatic N) is 3. The Morgan fingerprint density at radius 2 is 2.09 bits per heavy atom. The second-order valence-electron chi connectivity index (χ2n) is 5.27. The molecule has 1 heterocycles. The zero-order valence-corrected chi connectivity index (χ0v) is 17.5. The van der Waals surface area contributed by atoms with Crippen molar-refractivity contribution in [3.05, 3.63) is 16.1 Å². The number of guanidine groups is 1. The van der Waals surface area contributed by atoms with E-state index in [9.17, 15) is 0 Å². The van der Waals surface area contributed by atoms with E-state index in [0.29, 0.717) is 6.04 Å². The lowest BCUT2D eigenvalue weighted by molar-refractivity contribution is 0.255. The molecule has 1 unspecified atom stereocenters. The summed E-state index contributed by atoms with van der Waals surface area (Å²) in [5.74, 6) is 0.861. The number of halogens is 1. The number of aryl methyl sites for hydroxylation is 1. The van der Waals surface area contributed by atoms with Gasteiger partial charge in [0.05, 0.1) is 10.7 Å². The first-order valence-corrected chi connectivity index (χ1v) is 8.50. The fourth-order valence-corrected chi connectivity index (χ4v) is 2.58. The molecule has 0 aliphatic carbocycles. The lowest BCUT2D eigenvalue weighted by atomic mass is 10.2. The minimum Gasteiger partial charge on any atom is -0.356 e. The SMILES string of the molecule is CCC(C)N(C)CCNC(=NC)NCCc1csc(C)n1.I. The van der Waals surface area contributed by atoms with E-state index in [2.05, 4.69) is 51.8 Å². The van der Waals surface area contributed by atoms with Gasteiger partial charge in [-0.25, -0.2) is 4.98 Å². The fraction of sp³-hybridized carbons (Fsp3) is 0.733. The Balaban J connectivity index is 0.00000441. The molecule has 0 fully saturated rings. The monoisotopic (exact) mass is 439 g/mol. The maximum absolute atomic E-state index is 4.46. The van der Waals surface area contributed by atoms with E-state index in [-0.39, 0.29) is 24.0 Å². The Kier molecular flexibility index (Phi) is 11.8. The first-order valence-electron chi connectivity index (χ1n) is 7.62. The normalized spacial score (nSPS) is 12.9. The molecule has 0 amide bonds. The maximum atomic E-state index is 4.46. The van der Waals surface area contributed by atoms with Crippen molar-refractivity contribution in [2.75, 3.05) is 33.7 Å². The zero-order valence-electron chi connectivity index (χ0n) is 14.3. The smallest absolute Gasteiger partial charge is 0.191 e. The van der Waals surface area contributed by atoms with Crippen molar-refractivity contribution in [1.29, 1.82) is 0 Å². The van der Waals surface area contributed by atoms with Crippen LogP contribution in [0.2, 0.25) is 0 Å². The summed E-state index contributed by atoms with van der Waals surface area (Å²) in [5, 5.41) is 9.92. The van der Waals surface area contributed by atoms with E-state index in [4.69, 9.17) is 0 Å². The summed E-state index contributed by atoms with van der Waals surface area (Å²) in [6.45, 7) is 9.27. The third-order valence-electron chi connectivity index (χ3n) is 3.66. The molecular formula is C15H30IN5S. The summed E-state index contributed by atoms with van der Waals surface area (Å²) in [4.78, 5) is 11.1. The highest BCUT2D eigenvalue weighted by Gasteiger charge is 2.06. The number of rotatable bonds is 8. The van der Waals surface area contributed by atoms with Crippen LogP contribution in [0.3, 0.4) is 0 Å². The molecule has 7 heteroatoms. The topological polar surface area (TPSA) is 52.5 Å². The van der Waals surface area contributed by atoms with E-state index in [1.807, 2.05) is 6.92 Å². The van der Waals surface area contributed by atoms with Crippen molar-refractivity contribution in [1.82, 2.24) is 20.5 Å². The average molecular weight is 439 g/mol. The highest BCUT2D eigenvalue weighted by molar-refractivity contribution is 14.0. The summed E-state index contributed by atoms with van der Waals surface area (Å²) in [7, 11) is 3.97. The molecule has 1 aromatic rings. The number of aromatic nitrogens is 1. The summed E-state index contributed by atoms with van der Waals surface area (Å²) >= 11 is 1.70. The van der Waals surface area contributed by atoms with Crippen LogP contribution in [0.4, 0.5) is 0 Å². The third-order valence-corrected chi connectivity index (χ3v) is 4.49. The van der Waals surface area contributed by atoms with Gasteiger partial charge in [-0.15, -0.1) is 35.3 Å². The van der Waals surface area contributed by atoms with Gasteiger partial charge in [0, 0.05) is 44.5 Å². The van der Waals surface area contributed by atoms with E-state index in [0.717, 1.165) is 42.7 Å². The predicted molar refractivity (Wildman–Crippen MR) is 108 cm³/mol. The van der Waals surface area contributed by atoms with Crippen LogP contribution in [0.25, 0.3) is 0 Å². The molecule has 128 valence electrons. The number of hydrogen-bond donors (Lipinski definition) is 2. The van der Waals surface area contributed by atoms with Crippen LogP contribution in [0.15, 0.2) is 10.4 Å². The molecule has 5 nitrogen and oxygen atoms in total. The molecule has 1 aromatic heterocycles. The summed E-state index contributed by atoms with van der Waals surface area (Å²) in [5.41, 5.74) is 1.15. The lowest BCUT2D eigenvalue weighted by Crippen LogP contribution is -2.42. The van der Waals surface area contributed by atoms with Gasteiger partial charge in [0.1, 0.15) is 0 Å². The number of aliphatic imine (C=N–C) groups is 1. The Morgan fingerprint density at radius 3 is 2.64 bits per heavy atom. The van der Waals surface area contributed by atoms with Gasteiger partial charge in [-0.1, -0.05) is 6.92 Å². The quantitative estimate of drug-likeness (QED) is 0.371. The van der Waals surface area contributed by atoms with Crippen LogP contribution in [-0.4, -0.2) is 55.6 Å². The van der Waals surface area contributed by atoms with Crippen LogP contribution >= 0.6 is 35.3 Å². The molecule has 2 N–H and O–H groups in total. The van der Waals surface area contributed by atoms with Gasteiger partial charge in [-0.05, 0) is 27.3 Å². The van der Waals surface area contributed by atoms with Crippen molar-refractivity contribution in [3.8, 4) is 0 Å². The Labute approximate surface area is 156 Å². The maximum Gasteiger partial charge on any atom is 0.191 e. The van der Waals surface area contributed by atoms with E-state index in [1.165, 1.54) is 6.42 Å². The molecule has 0 aliphatic heterocycles. The minimum absolute atomic E-state index is 0. The Hall–Kier alpha value is -0.410. The van der Waals surface area contributed by atoms with Crippen molar-refractivity contribution >= 4 is 41.3 Å². The molecule has 1 atom stereocenters. The molecule has 0 saturated heterocycles. The Bertz CT molecular complexity index is 435. The molecule has 0 aromatic carbocycles. The van der Waals surface area contributed by atoms with Gasteiger partial charge in [0.15, 0.2) is 5.96 Å². The lowest BCUT2D eigenvalue weighted by Gasteiger charge is -2.23. The van der Waals surface area contributed by atoms with Gasteiger partial charge < -0.3 is 15.5 Å². The number of hydrogen-bond acceptors (Lipinski definition) is 4. The molecule has 22 heavy (non-hydrogen) atoms. The zero-order chi connectivity index (χ0) is 15.7. The predicted octanol–water partition coefficient (Wildman–Crippen LogP) is 2.51. The Morgan fingerprint density at radius 1 is 1.41 bits per heavy atom. The van der Waals surface area contributed by atoms with Gasteiger partial charge in [-0.3, -0.25) is 4.99 Å². The highest BCUT2D eigenvalue weighted by atomic mass is 127. The number of thiazole rings is 1. The number of likely N-dealkylation sites (N-methyl/N-ethyl adjacent to an activating group) is 1. The van der Waals surface area contributed by atoms with E-state index in [1.54, 1.807) is 18.4 Å². The average Bonchev–Trinajstić information content (AvgIpc) is 2.90. The van der Waals surface area contributed by atoms with Crippen LogP contribution in [0, 0.1) is 6.92 Å². The second kappa shape index (κ2) is 12.1. The van der Waals surface area contributed by atoms with Gasteiger partial charge in [0.25, 0.3) is 0 Å². The molecule has 0 saturated carbocycles. The summed E-state index contributed by atoms with van der Waals surface area (Å²) < 4.78 is 0. The third kappa shape index (κ3) is 8.28. The van der Waals surface area contributed by atoms with E-state index < -0.39 is 0 Å². The van der Waals surface area contributed by atoms with Crippen LogP contribution < -0.4 is 10.6 Å². The van der Waals surface area contributed by atoms with Gasteiger partial charge >= 0.3 is 0 Å². The first-order chi connectivity index (χ1) is 10.1. The number of nitrogens with one attached hydrogen (secondary N) is 2. The molecule has 0 aliphatic rings. The molecule has 0 spiro atoms. The van der Waals surface area contributed by atoms with Crippen molar-refractivity contribution in [2.24, 2.45) is 4.99 Å². The van der Waals surface area contributed by atoms with E-state index >= 15 is 0 Å². The summed E-state index contributed by atoms with van der Waals surface area (Å²) in [6.07, 6.45) is 2.11. The second-order valence-corrected chi connectivity index (χ2v) is 6.33. The largest absolute Gasteiger partial charge is 0.356 e. The highest BCUT2D eigenvalue weighted by Crippen LogP contribution is 2.07. The minimum atomic E-state index is 0. The van der Waals surface area contributed by atoms with Crippen LogP contribution in [0.5, 0.6) is 0 Å². The van der Waals surface area contributed by atoms with Gasteiger partial charge in [0.2, 0.25) is 0 Å².